The maximum atomic E-state index is 12.1. The molecule has 0 aliphatic carbocycles. The number of hydrogen-bond donors (Lipinski definition) is 2. The molecule has 1 fully saturated rings. The number of piperidine rings is 1. The van der Waals surface area contributed by atoms with Gasteiger partial charge < -0.3 is 10.2 Å². The lowest BCUT2D eigenvalue weighted by atomic mass is 10.00. The van der Waals surface area contributed by atoms with Crippen LogP contribution in [0.15, 0.2) is 10.9 Å². The van der Waals surface area contributed by atoms with E-state index in [2.05, 4.69) is 36.7 Å². The van der Waals surface area contributed by atoms with Crippen molar-refractivity contribution in [1.29, 1.82) is 0 Å². The van der Waals surface area contributed by atoms with E-state index >= 15 is 0 Å². The second-order valence-electron chi connectivity index (χ2n) is 6.10. The van der Waals surface area contributed by atoms with Crippen LogP contribution in [0.25, 0.3) is 0 Å². The van der Waals surface area contributed by atoms with Crippen LogP contribution in [0.4, 0.5) is 5.95 Å². The number of nitrogens with zero attached hydrogens (tertiary/aromatic N) is 4. The smallest absolute Gasteiger partial charge is 0.265 e. The standard InChI is InChI=1S/C15H20N6O2S/c1-9-3-5-21(6-4-9)15-17-11(7-12(22)18-15)8-16-14(23)13-10(2)19-20-24-13/h7,9H,3-6,8H2,1-2H3,(H,16,23)(H,17,18,22). The van der Waals surface area contributed by atoms with Gasteiger partial charge in [0.2, 0.25) is 5.95 Å². The van der Waals surface area contributed by atoms with E-state index in [1.54, 1.807) is 6.92 Å². The SMILES string of the molecule is Cc1nnsc1C(=O)NCc1cc(=O)[nH]c(N2CCC(C)CC2)n1. The van der Waals surface area contributed by atoms with Crippen LogP contribution >= 0.6 is 11.5 Å². The molecule has 0 spiro atoms. The largest absolute Gasteiger partial charge is 0.346 e. The Morgan fingerprint density at radius 2 is 2.21 bits per heavy atom. The van der Waals surface area contributed by atoms with Crippen molar-refractivity contribution in [3.8, 4) is 0 Å². The minimum absolute atomic E-state index is 0.192. The molecule has 2 aromatic heterocycles. The summed E-state index contributed by atoms with van der Waals surface area (Å²) in [5.74, 6) is 1.03. The zero-order chi connectivity index (χ0) is 17.1. The average molecular weight is 348 g/mol. The Bertz CT molecular complexity index is 778. The number of carbonyl (C=O) groups excluding carboxylic acids is 1. The maximum absolute atomic E-state index is 12.1. The third-order valence-electron chi connectivity index (χ3n) is 4.15. The zero-order valence-corrected chi connectivity index (χ0v) is 14.5. The average Bonchev–Trinajstić information content (AvgIpc) is 2.99. The lowest BCUT2D eigenvalue weighted by Gasteiger charge is -2.30. The highest BCUT2D eigenvalue weighted by Crippen LogP contribution is 2.19. The summed E-state index contributed by atoms with van der Waals surface area (Å²) in [6.45, 7) is 5.92. The fourth-order valence-electron chi connectivity index (χ4n) is 2.65. The quantitative estimate of drug-likeness (QED) is 0.857. The molecular weight excluding hydrogens is 328 g/mol. The Balaban J connectivity index is 1.69. The van der Waals surface area contributed by atoms with Gasteiger partial charge in [-0.05, 0) is 37.2 Å². The van der Waals surface area contributed by atoms with Crippen LogP contribution in [0.1, 0.15) is 40.8 Å². The van der Waals surface area contributed by atoms with Gasteiger partial charge >= 0.3 is 0 Å². The van der Waals surface area contributed by atoms with Crippen molar-refractivity contribution >= 4 is 23.4 Å². The predicted molar refractivity (Wildman–Crippen MR) is 91.3 cm³/mol. The summed E-state index contributed by atoms with van der Waals surface area (Å²) in [5.41, 5.74) is 0.925. The van der Waals surface area contributed by atoms with Crippen LogP contribution in [0.2, 0.25) is 0 Å². The Kier molecular flexibility index (Phi) is 4.89. The van der Waals surface area contributed by atoms with Crippen molar-refractivity contribution in [1.82, 2.24) is 24.9 Å². The van der Waals surface area contributed by atoms with Gasteiger partial charge in [0.1, 0.15) is 4.88 Å². The summed E-state index contributed by atoms with van der Waals surface area (Å²) in [5, 5.41) is 6.58. The molecular formula is C15H20N6O2S. The number of H-pyrrole nitrogens is 1. The van der Waals surface area contributed by atoms with Crippen molar-refractivity contribution in [3.63, 3.8) is 0 Å². The molecule has 1 aliphatic heterocycles. The van der Waals surface area contributed by atoms with Crippen molar-refractivity contribution in [3.05, 3.63) is 32.7 Å². The molecule has 3 heterocycles. The topological polar surface area (TPSA) is 104 Å². The summed E-state index contributed by atoms with van der Waals surface area (Å²) in [4.78, 5) is 33.8. The maximum Gasteiger partial charge on any atom is 0.265 e. The van der Waals surface area contributed by atoms with Crippen LogP contribution in [-0.4, -0.2) is 38.6 Å². The number of carbonyl (C=O) groups is 1. The van der Waals surface area contributed by atoms with E-state index in [0.29, 0.717) is 28.1 Å². The summed E-state index contributed by atoms with van der Waals surface area (Å²) in [6, 6.07) is 1.41. The molecule has 1 aliphatic rings. The highest BCUT2D eigenvalue weighted by Gasteiger charge is 2.18. The van der Waals surface area contributed by atoms with E-state index in [4.69, 9.17) is 0 Å². The van der Waals surface area contributed by atoms with Crippen molar-refractivity contribution in [2.45, 2.75) is 33.2 Å². The molecule has 8 nitrogen and oxygen atoms in total. The predicted octanol–water partition coefficient (Wildman–Crippen LogP) is 1.10. The molecule has 2 aromatic rings. The van der Waals surface area contributed by atoms with Gasteiger partial charge in [0.05, 0.1) is 17.9 Å². The first-order valence-corrected chi connectivity index (χ1v) is 8.72. The highest BCUT2D eigenvalue weighted by molar-refractivity contribution is 7.07. The van der Waals surface area contributed by atoms with Crippen molar-refractivity contribution in [2.24, 2.45) is 5.92 Å². The van der Waals surface area contributed by atoms with Crippen LogP contribution in [0.3, 0.4) is 0 Å². The number of rotatable bonds is 4. The molecule has 1 amide bonds. The Hall–Kier alpha value is -2.29. The molecule has 128 valence electrons. The zero-order valence-electron chi connectivity index (χ0n) is 13.7. The van der Waals surface area contributed by atoms with Crippen molar-refractivity contribution in [2.75, 3.05) is 18.0 Å². The Labute approximate surface area is 143 Å². The minimum Gasteiger partial charge on any atom is -0.346 e. The first kappa shape index (κ1) is 16.6. The first-order chi connectivity index (χ1) is 11.5. The summed E-state index contributed by atoms with van der Waals surface area (Å²) in [6.07, 6.45) is 2.17. The normalized spacial score (nSPS) is 15.5. The Morgan fingerprint density at radius 1 is 1.46 bits per heavy atom. The molecule has 3 rings (SSSR count). The lowest BCUT2D eigenvalue weighted by Crippen LogP contribution is -2.35. The molecule has 0 radical (unpaired) electrons. The van der Waals surface area contributed by atoms with Crippen LogP contribution in [-0.2, 0) is 6.54 Å². The number of aryl methyl sites for hydroxylation is 1. The van der Waals surface area contributed by atoms with E-state index in [-0.39, 0.29) is 18.0 Å². The van der Waals surface area contributed by atoms with Gasteiger partial charge in [-0.25, -0.2) is 4.98 Å². The van der Waals surface area contributed by atoms with E-state index in [0.717, 1.165) is 37.5 Å². The number of anilines is 1. The van der Waals surface area contributed by atoms with Crippen LogP contribution in [0, 0.1) is 12.8 Å². The van der Waals surface area contributed by atoms with Crippen molar-refractivity contribution < 1.29 is 4.79 Å². The minimum atomic E-state index is -0.252. The fraction of sp³-hybridized carbons (Fsp3) is 0.533. The van der Waals surface area contributed by atoms with Gasteiger partial charge in [-0.1, -0.05) is 11.4 Å². The monoisotopic (exact) mass is 348 g/mol. The van der Waals surface area contributed by atoms with E-state index in [1.807, 2.05) is 0 Å². The highest BCUT2D eigenvalue weighted by atomic mass is 32.1. The van der Waals surface area contributed by atoms with E-state index in [9.17, 15) is 9.59 Å². The van der Waals surface area contributed by atoms with Gasteiger partial charge in [-0.15, -0.1) is 5.10 Å². The van der Waals surface area contributed by atoms with Gasteiger partial charge in [-0.3, -0.25) is 14.6 Å². The Morgan fingerprint density at radius 3 is 2.88 bits per heavy atom. The van der Waals surface area contributed by atoms with Gasteiger partial charge in [0, 0.05) is 19.2 Å². The number of aromatic amines is 1. The third-order valence-corrected chi connectivity index (χ3v) is 4.98. The molecule has 9 heteroatoms. The number of nitrogens with one attached hydrogen (secondary N) is 2. The van der Waals surface area contributed by atoms with Gasteiger partial charge in [0.25, 0.3) is 11.5 Å². The molecule has 0 saturated carbocycles. The molecule has 0 aromatic carbocycles. The molecule has 24 heavy (non-hydrogen) atoms. The number of amides is 1. The fourth-order valence-corrected chi connectivity index (χ4v) is 3.22. The second-order valence-corrected chi connectivity index (χ2v) is 6.85. The van der Waals surface area contributed by atoms with E-state index < -0.39 is 0 Å². The second kappa shape index (κ2) is 7.08. The molecule has 0 atom stereocenters. The molecule has 2 N–H and O–H groups in total. The van der Waals surface area contributed by atoms with Crippen LogP contribution < -0.4 is 15.8 Å². The summed E-state index contributed by atoms with van der Waals surface area (Å²) >= 11 is 1.05. The summed E-state index contributed by atoms with van der Waals surface area (Å²) in [7, 11) is 0. The molecule has 0 unspecified atom stereocenters. The molecule has 1 saturated heterocycles. The van der Waals surface area contributed by atoms with Gasteiger partial charge in [-0.2, -0.15) is 0 Å². The van der Waals surface area contributed by atoms with Gasteiger partial charge in [0.15, 0.2) is 0 Å². The van der Waals surface area contributed by atoms with Crippen LogP contribution in [0.5, 0.6) is 0 Å². The summed E-state index contributed by atoms with van der Waals surface area (Å²) < 4.78 is 3.75. The third kappa shape index (κ3) is 3.78. The number of hydrogen-bond acceptors (Lipinski definition) is 7. The number of aromatic nitrogens is 4. The molecule has 0 bridgehead atoms. The lowest BCUT2D eigenvalue weighted by molar-refractivity contribution is 0.0953. The first-order valence-electron chi connectivity index (χ1n) is 7.95. The van der Waals surface area contributed by atoms with E-state index in [1.165, 1.54) is 6.07 Å².